The smallest absolute Gasteiger partial charge is 0.141 e. The highest BCUT2D eigenvalue weighted by atomic mass is 35.5. The molecular weight excluding hydrogens is 228 g/mol. The topological polar surface area (TPSA) is 12.0 Å². The zero-order valence-corrected chi connectivity index (χ0v) is 9.81. The summed E-state index contributed by atoms with van der Waals surface area (Å²) in [5, 5.41) is 3.24. The molecule has 0 aliphatic carbocycles. The molecule has 1 nitrogen and oxygen atoms in total. The fourth-order valence-corrected chi connectivity index (χ4v) is 2.13. The Morgan fingerprint density at radius 3 is 2.54 bits per heavy atom. The molecule has 0 aliphatic heterocycles. The number of benzene rings is 1. The molecule has 1 N–H and O–H groups in total. The van der Waals surface area contributed by atoms with Crippen molar-refractivity contribution in [3.8, 4) is 0 Å². The summed E-state index contributed by atoms with van der Waals surface area (Å²) in [7, 11) is 0. The number of hydrogen-bond donors (Lipinski definition) is 1. The molecule has 0 radical (unpaired) electrons. The molecule has 0 spiro atoms. The third kappa shape index (κ3) is 3.63. The van der Waals surface area contributed by atoms with Crippen LogP contribution in [0.1, 0.15) is 0 Å². The molecule has 1 aromatic carbocycles. The number of halogens is 2. The summed E-state index contributed by atoms with van der Waals surface area (Å²) >= 11 is 10.8. The third-order valence-electron chi connectivity index (χ3n) is 1.32. The van der Waals surface area contributed by atoms with E-state index >= 15 is 0 Å². The van der Waals surface area contributed by atoms with E-state index in [4.69, 9.17) is 23.4 Å². The monoisotopic (exact) mass is 237 g/mol. The van der Waals surface area contributed by atoms with E-state index in [2.05, 4.69) is 5.09 Å². The van der Waals surface area contributed by atoms with Crippen molar-refractivity contribution < 1.29 is 4.39 Å². The quantitative estimate of drug-likeness (QED) is 0.790. The van der Waals surface area contributed by atoms with Crippen LogP contribution < -0.4 is 5.09 Å². The molecule has 1 rings (SSSR count). The van der Waals surface area contributed by atoms with Gasteiger partial charge in [0.25, 0.3) is 0 Å². The first-order chi connectivity index (χ1) is 5.88. The predicted molar refractivity (Wildman–Crippen MR) is 61.2 cm³/mol. The Bertz CT molecular complexity index is 363. The number of anilines is 1. The summed E-state index contributed by atoms with van der Waals surface area (Å²) < 4.78 is 12.8. The summed E-state index contributed by atoms with van der Waals surface area (Å²) in [5.41, 5.74) is 0.778. The first-order valence-corrected chi connectivity index (χ1v) is 7.74. The van der Waals surface area contributed by atoms with Gasteiger partial charge in [-0.1, -0.05) is 23.4 Å². The number of nitrogens with one attached hydrogen (secondary N) is 1. The summed E-state index contributed by atoms with van der Waals surface area (Å²) in [4.78, 5) is 0. The number of hydrogen-bond acceptors (Lipinski definition) is 1. The summed E-state index contributed by atoms with van der Waals surface area (Å²) in [6.45, 7) is 3.92. The van der Waals surface area contributed by atoms with Gasteiger partial charge < -0.3 is 5.09 Å². The highest BCUT2D eigenvalue weighted by Gasteiger charge is 2.04. The highest BCUT2D eigenvalue weighted by Crippen LogP contribution is 2.37. The molecule has 0 bridgehead atoms. The lowest BCUT2D eigenvalue weighted by atomic mass is 10.3. The van der Waals surface area contributed by atoms with Crippen molar-refractivity contribution in [1.29, 1.82) is 0 Å². The lowest BCUT2D eigenvalue weighted by Crippen LogP contribution is -1.93. The highest BCUT2D eigenvalue weighted by molar-refractivity contribution is 8.14. The van der Waals surface area contributed by atoms with Crippen LogP contribution in [0.3, 0.4) is 0 Å². The minimum absolute atomic E-state index is 0.119. The molecule has 0 saturated heterocycles. The molecule has 5 heteroatoms. The van der Waals surface area contributed by atoms with Gasteiger partial charge in [-0.3, -0.25) is 0 Å². The molecule has 0 heterocycles. The van der Waals surface area contributed by atoms with E-state index < -0.39 is 12.0 Å². The zero-order chi connectivity index (χ0) is 10.1. The molecule has 0 atom stereocenters. The van der Waals surface area contributed by atoms with Crippen LogP contribution in [0.15, 0.2) is 18.2 Å². The van der Waals surface area contributed by atoms with Gasteiger partial charge in [0, 0.05) is 11.9 Å². The van der Waals surface area contributed by atoms with E-state index in [1.165, 1.54) is 6.07 Å². The second kappa shape index (κ2) is 3.95. The number of rotatable bonds is 2. The third-order valence-corrected chi connectivity index (χ3v) is 2.68. The van der Waals surface area contributed by atoms with Gasteiger partial charge in [0.15, 0.2) is 0 Å². The van der Waals surface area contributed by atoms with E-state index in [1.807, 2.05) is 13.3 Å². The molecule has 0 aliphatic rings. The Balaban J connectivity index is 2.92. The Morgan fingerprint density at radius 2 is 2.08 bits per heavy atom. The predicted octanol–water partition coefficient (Wildman–Crippen LogP) is 3.55. The first-order valence-electron chi connectivity index (χ1n) is 3.67. The Labute approximate surface area is 87.4 Å². The Kier molecular flexibility index (Phi) is 3.33. The van der Waals surface area contributed by atoms with Gasteiger partial charge in [0.05, 0.1) is 5.02 Å². The van der Waals surface area contributed by atoms with Crippen LogP contribution in [-0.2, 0) is 11.8 Å². The van der Waals surface area contributed by atoms with Gasteiger partial charge in [0.1, 0.15) is 5.82 Å². The van der Waals surface area contributed by atoms with Crippen LogP contribution in [0.2, 0.25) is 5.02 Å². The van der Waals surface area contributed by atoms with Crippen LogP contribution in [0.4, 0.5) is 10.1 Å². The maximum atomic E-state index is 12.8. The summed E-state index contributed by atoms with van der Waals surface area (Å²) in [6.07, 6.45) is -1.52. The molecule has 0 fully saturated rings. The second-order valence-electron chi connectivity index (χ2n) is 3.09. The lowest BCUT2D eigenvalue weighted by Gasteiger charge is -2.14. The Morgan fingerprint density at radius 1 is 1.46 bits per heavy atom. The van der Waals surface area contributed by atoms with Crippen LogP contribution in [0, 0.1) is 5.82 Å². The lowest BCUT2D eigenvalue weighted by molar-refractivity contribution is 0.628. The molecule has 1 aromatic rings. The molecule has 0 aromatic heterocycles. The minimum Gasteiger partial charge on any atom is -0.358 e. The fraction of sp³-hybridized carbons (Fsp3) is 0.250. The van der Waals surface area contributed by atoms with E-state index in [-0.39, 0.29) is 5.02 Å². The van der Waals surface area contributed by atoms with Crippen molar-refractivity contribution in [3.63, 3.8) is 0 Å². The van der Waals surface area contributed by atoms with Gasteiger partial charge in [-0.2, -0.15) is 0 Å². The normalized spacial score (nSPS) is 11.4. The van der Waals surface area contributed by atoms with E-state index in [9.17, 15) is 4.39 Å². The van der Waals surface area contributed by atoms with Crippen LogP contribution in [0.25, 0.3) is 0 Å². The minimum atomic E-state index is -1.52. The van der Waals surface area contributed by atoms with Gasteiger partial charge in [0.2, 0.25) is 0 Å². The van der Waals surface area contributed by atoms with Crippen molar-refractivity contribution in [2.75, 3.05) is 18.4 Å². The Hall–Kier alpha value is -0.110. The second-order valence-corrected chi connectivity index (χ2v) is 9.16. The van der Waals surface area contributed by atoms with Crippen molar-refractivity contribution in [2.45, 2.75) is 0 Å². The largest absolute Gasteiger partial charge is 0.358 e. The van der Waals surface area contributed by atoms with Crippen molar-refractivity contribution >= 4 is 35.3 Å². The summed E-state index contributed by atoms with van der Waals surface area (Å²) in [6, 6.07) is 4.51. The molecule has 13 heavy (non-hydrogen) atoms. The van der Waals surface area contributed by atoms with Crippen molar-refractivity contribution in [2.24, 2.45) is 0 Å². The van der Waals surface area contributed by atoms with Gasteiger partial charge in [-0.15, -0.1) is 0 Å². The zero-order valence-electron chi connectivity index (χ0n) is 7.34. The molecular formula is C8H10ClFNPS. The van der Waals surface area contributed by atoms with Crippen LogP contribution >= 0.6 is 17.8 Å². The summed E-state index contributed by atoms with van der Waals surface area (Å²) in [5.74, 6) is -0.410. The van der Waals surface area contributed by atoms with Gasteiger partial charge in [-0.25, -0.2) is 4.39 Å². The average Bonchev–Trinajstić information content (AvgIpc) is 1.94. The molecule has 72 valence electrons. The van der Waals surface area contributed by atoms with Gasteiger partial charge in [-0.05, 0) is 31.5 Å². The fourth-order valence-electron chi connectivity index (χ4n) is 0.877. The SMILES string of the molecule is CP(C)(=S)Nc1ccc(F)c(Cl)c1. The molecule has 0 saturated carbocycles. The van der Waals surface area contributed by atoms with Crippen molar-refractivity contribution in [3.05, 3.63) is 29.0 Å². The molecule has 0 amide bonds. The van der Waals surface area contributed by atoms with Crippen LogP contribution in [0.5, 0.6) is 0 Å². The standard InChI is InChI=1S/C8H10ClFNPS/c1-12(2,13)11-6-3-4-8(10)7(9)5-6/h3-5H,1-2H3,(H,11,13). The first kappa shape index (κ1) is 11.0. The van der Waals surface area contributed by atoms with Crippen LogP contribution in [-0.4, -0.2) is 13.3 Å². The van der Waals surface area contributed by atoms with Crippen molar-refractivity contribution in [1.82, 2.24) is 0 Å². The maximum Gasteiger partial charge on any atom is 0.141 e. The average molecular weight is 238 g/mol. The van der Waals surface area contributed by atoms with E-state index in [1.54, 1.807) is 12.1 Å². The van der Waals surface area contributed by atoms with E-state index in [0.29, 0.717) is 0 Å². The molecule has 0 unspecified atom stereocenters. The van der Waals surface area contributed by atoms with Gasteiger partial charge >= 0.3 is 0 Å². The maximum absolute atomic E-state index is 12.8. The van der Waals surface area contributed by atoms with E-state index in [0.717, 1.165) is 5.69 Å².